The Hall–Kier alpha value is -1.26. The lowest BCUT2D eigenvalue weighted by Gasteiger charge is -2.21. The molecule has 1 aliphatic heterocycles. The largest absolute Gasteiger partial charge is 0.493 e. The van der Waals surface area contributed by atoms with Crippen LogP contribution in [0.4, 0.5) is 0 Å². The number of halogens is 1. The maximum atomic E-state index is 5.81. The molecule has 0 amide bonds. The van der Waals surface area contributed by atoms with Crippen LogP contribution in [0.5, 0.6) is 11.5 Å². The van der Waals surface area contributed by atoms with Gasteiger partial charge in [0.25, 0.3) is 0 Å². The molecule has 7 nitrogen and oxygen atoms in total. The number of methoxy groups -OCH3 is 2. The van der Waals surface area contributed by atoms with E-state index in [9.17, 15) is 0 Å². The molecule has 0 saturated carbocycles. The lowest BCUT2D eigenvalue weighted by molar-refractivity contribution is 0.0205. The van der Waals surface area contributed by atoms with Gasteiger partial charge in [-0.05, 0) is 56.2 Å². The Balaban J connectivity index is 0.00000450. The highest BCUT2D eigenvalue weighted by molar-refractivity contribution is 14.0. The lowest BCUT2D eigenvalue weighted by atomic mass is 10.0. The van der Waals surface area contributed by atoms with Crippen molar-refractivity contribution in [2.24, 2.45) is 10.9 Å². The molecule has 0 radical (unpaired) electrons. The molecule has 1 aromatic rings. The summed E-state index contributed by atoms with van der Waals surface area (Å²) in [6.07, 6.45) is 4.04. The van der Waals surface area contributed by atoms with Crippen LogP contribution in [-0.4, -0.2) is 66.2 Å². The average molecular weight is 535 g/mol. The zero-order valence-electron chi connectivity index (χ0n) is 18.6. The van der Waals surface area contributed by atoms with Crippen LogP contribution in [0.3, 0.4) is 0 Å². The monoisotopic (exact) mass is 535 g/mol. The lowest BCUT2D eigenvalue weighted by Crippen LogP contribution is -2.38. The van der Waals surface area contributed by atoms with Crippen molar-refractivity contribution in [3.8, 4) is 11.5 Å². The summed E-state index contributed by atoms with van der Waals surface area (Å²) in [7, 11) is 3.30. The van der Waals surface area contributed by atoms with E-state index in [2.05, 4.69) is 28.6 Å². The summed E-state index contributed by atoms with van der Waals surface area (Å²) < 4.78 is 21.8. The Morgan fingerprint density at radius 1 is 1.13 bits per heavy atom. The first kappa shape index (κ1) is 26.8. The highest BCUT2D eigenvalue weighted by atomic mass is 127. The number of hydrogen-bond acceptors (Lipinski definition) is 5. The fraction of sp³-hybridized carbons (Fsp3) is 0.682. The minimum absolute atomic E-state index is 0. The predicted octanol–water partition coefficient (Wildman–Crippen LogP) is 3.25. The molecule has 0 atom stereocenters. The molecule has 2 rings (SSSR count). The van der Waals surface area contributed by atoms with E-state index in [1.165, 1.54) is 5.56 Å². The number of benzene rings is 1. The minimum atomic E-state index is 0. The first-order valence-corrected chi connectivity index (χ1v) is 10.6. The number of hydrogen-bond donors (Lipinski definition) is 2. The second kappa shape index (κ2) is 16.4. The molecular weight excluding hydrogens is 497 g/mol. The quantitative estimate of drug-likeness (QED) is 0.185. The molecule has 30 heavy (non-hydrogen) atoms. The fourth-order valence-corrected chi connectivity index (χ4v) is 3.22. The first-order valence-electron chi connectivity index (χ1n) is 10.6. The first-order chi connectivity index (χ1) is 14.3. The summed E-state index contributed by atoms with van der Waals surface area (Å²) >= 11 is 0. The summed E-state index contributed by atoms with van der Waals surface area (Å²) in [5.41, 5.74) is 1.19. The van der Waals surface area contributed by atoms with Crippen LogP contribution in [0.2, 0.25) is 0 Å². The smallest absolute Gasteiger partial charge is 0.191 e. The van der Waals surface area contributed by atoms with Crippen molar-refractivity contribution in [3.63, 3.8) is 0 Å². The molecule has 0 unspecified atom stereocenters. The van der Waals surface area contributed by atoms with Crippen LogP contribution >= 0.6 is 24.0 Å². The number of nitrogens with zero attached hydrogens (tertiary/aromatic N) is 1. The zero-order chi connectivity index (χ0) is 20.7. The zero-order valence-corrected chi connectivity index (χ0v) is 20.9. The van der Waals surface area contributed by atoms with Crippen LogP contribution in [0, 0.1) is 5.92 Å². The van der Waals surface area contributed by atoms with Crippen LogP contribution in [-0.2, 0) is 15.9 Å². The van der Waals surface area contributed by atoms with E-state index < -0.39 is 0 Å². The Kier molecular flexibility index (Phi) is 14.7. The second-order valence-corrected chi connectivity index (χ2v) is 7.11. The van der Waals surface area contributed by atoms with E-state index in [1.807, 2.05) is 12.1 Å². The molecule has 172 valence electrons. The van der Waals surface area contributed by atoms with Crippen molar-refractivity contribution < 1.29 is 18.9 Å². The Morgan fingerprint density at radius 2 is 1.90 bits per heavy atom. The van der Waals surface area contributed by atoms with Gasteiger partial charge in [0, 0.05) is 46.1 Å². The maximum Gasteiger partial charge on any atom is 0.191 e. The Morgan fingerprint density at radius 3 is 2.60 bits per heavy atom. The third-order valence-corrected chi connectivity index (χ3v) is 4.91. The van der Waals surface area contributed by atoms with Gasteiger partial charge in [-0.2, -0.15) is 0 Å². The summed E-state index contributed by atoms with van der Waals surface area (Å²) in [5.74, 6) is 3.00. The topological polar surface area (TPSA) is 73.3 Å². The highest BCUT2D eigenvalue weighted by Crippen LogP contribution is 2.27. The number of nitrogens with one attached hydrogen (secondary N) is 2. The van der Waals surface area contributed by atoms with E-state index in [0.717, 1.165) is 89.2 Å². The van der Waals surface area contributed by atoms with Crippen LogP contribution in [0.1, 0.15) is 31.7 Å². The number of ether oxygens (including phenoxy) is 4. The van der Waals surface area contributed by atoms with Crippen molar-refractivity contribution in [1.82, 2.24) is 10.6 Å². The molecule has 8 heteroatoms. The Labute approximate surface area is 198 Å². The van der Waals surface area contributed by atoms with Crippen molar-refractivity contribution in [2.75, 3.05) is 60.3 Å². The van der Waals surface area contributed by atoms with E-state index in [0.29, 0.717) is 5.92 Å². The SMILES string of the molecule is CCNC(=NCCCOCC1CCOCC1)NCCc1ccc(OC)c(OC)c1.I. The summed E-state index contributed by atoms with van der Waals surface area (Å²) in [6.45, 7) is 7.80. The predicted molar refractivity (Wildman–Crippen MR) is 132 cm³/mol. The molecule has 2 N–H and O–H groups in total. The van der Waals surface area contributed by atoms with Gasteiger partial charge in [0.2, 0.25) is 0 Å². The van der Waals surface area contributed by atoms with Crippen LogP contribution < -0.4 is 20.1 Å². The molecule has 1 aromatic carbocycles. The van der Waals surface area contributed by atoms with E-state index in [-0.39, 0.29) is 24.0 Å². The molecular formula is C22H38IN3O4. The number of guanidine groups is 1. The van der Waals surface area contributed by atoms with Crippen LogP contribution in [0.15, 0.2) is 23.2 Å². The highest BCUT2D eigenvalue weighted by Gasteiger charge is 2.13. The summed E-state index contributed by atoms with van der Waals surface area (Å²) in [6, 6.07) is 6.01. The molecule has 0 bridgehead atoms. The van der Waals surface area contributed by atoms with Gasteiger partial charge in [-0.3, -0.25) is 4.99 Å². The molecule has 0 spiro atoms. The molecule has 1 saturated heterocycles. The standard InChI is InChI=1S/C22H37N3O4.HI/c1-4-23-22(24-11-5-13-29-17-19-9-14-28-15-10-19)25-12-8-18-6-7-20(26-2)21(16-18)27-3;/h6-7,16,19H,4-5,8-15,17H2,1-3H3,(H2,23,24,25);1H. The molecule has 1 heterocycles. The van der Waals surface area contributed by atoms with Gasteiger partial charge in [-0.25, -0.2) is 0 Å². The number of aliphatic imine (C=N–C) groups is 1. The average Bonchev–Trinajstić information content (AvgIpc) is 2.76. The van der Waals surface area contributed by atoms with Gasteiger partial charge >= 0.3 is 0 Å². The van der Waals surface area contributed by atoms with E-state index in [4.69, 9.17) is 18.9 Å². The van der Waals surface area contributed by atoms with Crippen LogP contribution in [0.25, 0.3) is 0 Å². The molecule has 1 aliphatic rings. The van der Waals surface area contributed by atoms with Crippen molar-refractivity contribution in [2.45, 2.75) is 32.6 Å². The van der Waals surface area contributed by atoms with Gasteiger partial charge in [-0.1, -0.05) is 6.07 Å². The van der Waals surface area contributed by atoms with Gasteiger partial charge < -0.3 is 29.6 Å². The van der Waals surface area contributed by atoms with Crippen molar-refractivity contribution >= 4 is 29.9 Å². The normalized spacial score (nSPS) is 14.7. The molecule has 0 aromatic heterocycles. The molecule has 1 fully saturated rings. The van der Waals surface area contributed by atoms with Gasteiger partial charge in [0.15, 0.2) is 17.5 Å². The van der Waals surface area contributed by atoms with Gasteiger partial charge in [0.05, 0.1) is 14.2 Å². The maximum absolute atomic E-state index is 5.81. The summed E-state index contributed by atoms with van der Waals surface area (Å²) in [5, 5.41) is 6.68. The fourth-order valence-electron chi connectivity index (χ4n) is 3.22. The van der Waals surface area contributed by atoms with Crippen molar-refractivity contribution in [3.05, 3.63) is 23.8 Å². The third-order valence-electron chi connectivity index (χ3n) is 4.91. The number of rotatable bonds is 12. The van der Waals surface area contributed by atoms with E-state index >= 15 is 0 Å². The van der Waals surface area contributed by atoms with Gasteiger partial charge in [0.1, 0.15) is 0 Å². The van der Waals surface area contributed by atoms with Gasteiger partial charge in [-0.15, -0.1) is 24.0 Å². The summed E-state index contributed by atoms with van der Waals surface area (Å²) in [4.78, 5) is 4.64. The van der Waals surface area contributed by atoms with Crippen molar-refractivity contribution in [1.29, 1.82) is 0 Å². The van der Waals surface area contributed by atoms with E-state index in [1.54, 1.807) is 14.2 Å². The minimum Gasteiger partial charge on any atom is -0.493 e. The Bertz CT molecular complexity index is 610. The second-order valence-electron chi connectivity index (χ2n) is 7.11. The molecule has 0 aliphatic carbocycles. The third kappa shape index (κ3) is 10.2.